The number of anilines is 1. The first-order valence-corrected chi connectivity index (χ1v) is 11.0. The van der Waals surface area contributed by atoms with Gasteiger partial charge in [0, 0.05) is 49.6 Å². The van der Waals surface area contributed by atoms with Crippen molar-refractivity contribution >= 4 is 17.7 Å². The van der Waals surface area contributed by atoms with E-state index in [0.29, 0.717) is 46.6 Å². The quantitative estimate of drug-likeness (QED) is 0.500. The highest BCUT2D eigenvalue weighted by Gasteiger charge is 2.13. The number of nitrogens with zero attached hydrogens (tertiary/aromatic N) is 1. The minimum atomic E-state index is -0.315. The Hall–Kier alpha value is -3.43. The normalized spacial score (nSPS) is 14.0. The van der Waals surface area contributed by atoms with Crippen molar-refractivity contribution in [1.82, 2.24) is 4.90 Å². The van der Waals surface area contributed by atoms with Crippen LogP contribution in [0.3, 0.4) is 0 Å². The lowest BCUT2D eigenvalue weighted by atomic mass is 10.1. The van der Waals surface area contributed by atoms with Gasteiger partial charge < -0.3 is 33.7 Å². The summed E-state index contributed by atoms with van der Waals surface area (Å²) in [7, 11) is 6.24. The number of rotatable bonds is 11. The molecule has 184 valence electrons. The molecule has 1 aliphatic heterocycles. The van der Waals surface area contributed by atoms with Crippen LogP contribution in [0.2, 0.25) is 0 Å². The van der Waals surface area contributed by atoms with Gasteiger partial charge >= 0.3 is 0 Å². The van der Waals surface area contributed by atoms with E-state index < -0.39 is 0 Å². The van der Waals surface area contributed by atoms with Crippen molar-refractivity contribution in [2.75, 3.05) is 73.2 Å². The summed E-state index contributed by atoms with van der Waals surface area (Å²) in [5.41, 5.74) is 1.22. The van der Waals surface area contributed by atoms with Crippen LogP contribution in [-0.2, 0) is 9.53 Å². The van der Waals surface area contributed by atoms with Crippen LogP contribution in [-0.4, -0.2) is 78.7 Å². The second kappa shape index (κ2) is 12.7. The van der Waals surface area contributed by atoms with Crippen molar-refractivity contribution in [2.45, 2.75) is 0 Å². The molecule has 1 saturated heterocycles. The van der Waals surface area contributed by atoms with Crippen LogP contribution in [0.4, 0.5) is 5.69 Å². The Balaban J connectivity index is 1.66. The Morgan fingerprint density at radius 3 is 2.24 bits per heavy atom. The number of hydrogen-bond acceptors (Lipinski definition) is 8. The maximum absolute atomic E-state index is 12.6. The number of carbonyl (C=O) groups excluding carboxylic acids is 1. The molecule has 0 aliphatic carbocycles. The van der Waals surface area contributed by atoms with Crippen molar-refractivity contribution in [3.8, 4) is 28.7 Å². The van der Waals surface area contributed by atoms with E-state index >= 15 is 0 Å². The number of methoxy groups -OCH3 is 4. The van der Waals surface area contributed by atoms with E-state index in [1.54, 1.807) is 64.8 Å². The molecule has 34 heavy (non-hydrogen) atoms. The number of nitrogens with one attached hydrogen (secondary N) is 1. The number of carbonyl (C=O) groups is 1. The summed E-state index contributed by atoms with van der Waals surface area (Å²) in [5, 5.41) is 2.85. The number of ether oxygens (including phenoxy) is 6. The number of amides is 1. The van der Waals surface area contributed by atoms with Crippen LogP contribution >= 0.6 is 0 Å². The van der Waals surface area contributed by atoms with E-state index in [0.717, 1.165) is 32.8 Å². The van der Waals surface area contributed by atoms with Crippen molar-refractivity contribution in [3.63, 3.8) is 0 Å². The van der Waals surface area contributed by atoms with Gasteiger partial charge in [0.05, 0.1) is 47.2 Å². The molecule has 9 heteroatoms. The Bertz CT molecular complexity index is 962. The standard InChI is InChI=1S/C25H32N2O7/c1-29-19-16-22(31-3)20(23(17-19)32-4)6-8-25(28)26-18-5-7-21(30-2)24(15-18)34-14-11-27-9-12-33-13-10-27/h5-8,15-17H,9-14H2,1-4H3,(H,26,28)/b8-6+. The highest BCUT2D eigenvalue weighted by molar-refractivity contribution is 6.02. The molecule has 0 saturated carbocycles. The lowest BCUT2D eigenvalue weighted by molar-refractivity contribution is -0.111. The average molecular weight is 473 g/mol. The van der Waals surface area contributed by atoms with E-state index in [1.807, 2.05) is 0 Å². The van der Waals surface area contributed by atoms with Gasteiger partial charge in [-0.05, 0) is 18.2 Å². The molecule has 0 atom stereocenters. The van der Waals surface area contributed by atoms with E-state index in [4.69, 9.17) is 28.4 Å². The van der Waals surface area contributed by atoms with E-state index in [-0.39, 0.29) is 5.91 Å². The van der Waals surface area contributed by atoms with Crippen molar-refractivity contribution in [1.29, 1.82) is 0 Å². The second-order valence-electron chi connectivity index (χ2n) is 7.44. The van der Waals surface area contributed by atoms with Crippen molar-refractivity contribution in [2.24, 2.45) is 0 Å². The number of benzene rings is 2. The fourth-order valence-electron chi connectivity index (χ4n) is 3.52. The van der Waals surface area contributed by atoms with Gasteiger partial charge in [0.15, 0.2) is 11.5 Å². The SMILES string of the molecule is COc1cc(OC)c(/C=C/C(=O)Nc2ccc(OC)c(OCCN3CCOCC3)c2)c(OC)c1. The number of hydrogen-bond donors (Lipinski definition) is 1. The third-order valence-electron chi connectivity index (χ3n) is 5.35. The molecule has 1 heterocycles. The molecule has 1 amide bonds. The maximum atomic E-state index is 12.6. The lowest BCUT2D eigenvalue weighted by Crippen LogP contribution is -2.38. The molecule has 9 nitrogen and oxygen atoms in total. The zero-order valence-corrected chi connectivity index (χ0v) is 20.1. The minimum Gasteiger partial charge on any atom is -0.496 e. The van der Waals surface area contributed by atoms with Gasteiger partial charge in [-0.2, -0.15) is 0 Å². The number of morpholine rings is 1. The van der Waals surface area contributed by atoms with E-state index in [2.05, 4.69) is 10.2 Å². The molecule has 0 radical (unpaired) electrons. The fraction of sp³-hybridized carbons (Fsp3) is 0.400. The predicted molar refractivity (Wildman–Crippen MR) is 130 cm³/mol. The lowest BCUT2D eigenvalue weighted by Gasteiger charge is -2.26. The van der Waals surface area contributed by atoms with Gasteiger partial charge in [-0.25, -0.2) is 0 Å². The van der Waals surface area contributed by atoms with Gasteiger partial charge in [0.1, 0.15) is 23.9 Å². The minimum absolute atomic E-state index is 0.315. The molecular formula is C25H32N2O7. The molecular weight excluding hydrogens is 440 g/mol. The molecule has 0 spiro atoms. The summed E-state index contributed by atoms with van der Waals surface area (Å²) in [4.78, 5) is 14.9. The third kappa shape index (κ3) is 6.79. The Morgan fingerprint density at radius 1 is 0.941 bits per heavy atom. The largest absolute Gasteiger partial charge is 0.496 e. The summed E-state index contributed by atoms with van der Waals surface area (Å²) < 4.78 is 32.8. The van der Waals surface area contributed by atoms with Crippen molar-refractivity contribution < 1.29 is 33.2 Å². The van der Waals surface area contributed by atoms with E-state index in [9.17, 15) is 4.79 Å². The molecule has 0 bridgehead atoms. The smallest absolute Gasteiger partial charge is 0.248 e. The monoisotopic (exact) mass is 472 g/mol. The first kappa shape index (κ1) is 25.2. The molecule has 1 aliphatic rings. The molecule has 3 rings (SSSR count). The molecule has 0 aromatic heterocycles. The second-order valence-corrected chi connectivity index (χ2v) is 7.44. The van der Waals surface area contributed by atoms with E-state index in [1.165, 1.54) is 6.08 Å². The molecule has 2 aromatic rings. The average Bonchev–Trinajstić information content (AvgIpc) is 2.87. The Labute approximate surface area is 200 Å². The predicted octanol–water partition coefficient (Wildman–Crippen LogP) is 3.08. The first-order valence-electron chi connectivity index (χ1n) is 11.0. The summed E-state index contributed by atoms with van der Waals surface area (Å²) >= 11 is 0. The van der Waals surface area contributed by atoms with Crippen LogP contribution in [0.25, 0.3) is 6.08 Å². The van der Waals surface area contributed by atoms with Crippen LogP contribution in [0, 0.1) is 0 Å². The van der Waals surface area contributed by atoms with Gasteiger partial charge in [-0.3, -0.25) is 9.69 Å². The summed E-state index contributed by atoms with van der Waals surface area (Å²) in [6, 6.07) is 8.72. The van der Waals surface area contributed by atoms with Crippen LogP contribution in [0.15, 0.2) is 36.4 Å². The van der Waals surface area contributed by atoms with Gasteiger partial charge in [-0.15, -0.1) is 0 Å². The van der Waals surface area contributed by atoms with Crippen LogP contribution in [0.5, 0.6) is 28.7 Å². The highest BCUT2D eigenvalue weighted by Crippen LogP contribution is 2.35. The zero-order chi connectivity index (χ0) is 24.3. The van der Waals surface area contributed by atoms with Crippen molar-refractivity contribution in [3.05, 3.63) is 42.0 Å². The summed E-state index contributed by atoms with van der Waals surface area (Å²) in [6.07, 6.45) is 3.05. The summed E-state index contributed by atoms with van der Waals surface area (Å²) in [6.45, 7) is 4.57. The van der Waals surface area contributed by atoms with Gasteiger partial charge in [-0.1, -0.05) is 0 Å². The van der Waals surface area contributed by atoms with Gasteiger partial charge in [0.25, 0.3) is 0 Å². The van der Waals surface area contributed by atoms with Gasteiger partial charge in [0.2, 0.25) is 5.91 Å². The topological polar surface area (TPSA) is 87.7 Å². The third-order valence-corrected chi connectivity index (χ3v) is 5.35. The summed E-state index contributed by atoms with van der Waals surface area (Å²) in [5.74, 6) is 2.50. The molecule has 1 fully saturated rings. The molecule has 1 N–H and O–H groups in total. The fourth-order valence-corrected chi connectivity index (χ4v) is 3.52. The maximum Gasteiger partial charge on any atom is 0.248 e. The Morgan fingerprint density at radius 2 is 1.62 bits per heavy atom. The zero-order valence-electron chi connectivity index (χ0n) is 20.1. The molecule has 0 unspecified atom stereocenters. The highest BCUT2D eigenvalue weighted by atomic mass is 16.5. The van der Waals surface area contributed by atoms with Crippen LogP contribution in [0.1, 0.15) is 5.56 Å². The Kier molecular flexibility index (Phi) is 9.42. The van der Waals surface area contributed by atoms with Crippen LogP contribution < -0.4 is 29.0 Å². The first-order chi connectivity index (χ1) is 16.6. The molecule has 2 aromatic carbocycles.